The molecular formula is C33H32ClFO7S. The van der Waals surface area contributed by atoms with Gasteiger partial charge in [0.25, 0.3) is 0 Å². The molecule has 6 rings (SSSR count). The fourth-order valence-electron chi connectivity index (χ4n) is 8.32. The first kappa shape index (κ1) is 29.9. The minimum Gasteiger partial charge on any atom is -0.506 e. The SMILES string of the molecule is CC12C=CC(=O)C=C1CCC1C3CCC(OC(=O)c4ccc(Oc5ccc(O)c(Cl)c5)cc4)(C(=O)S)C3(C)CC(O)C12F. The Balaban J connectivity index is 1.27. The van der Waals surface area contributed by atoms with Crippen LogP contribution < -0.4 is 4.74 Å². The largest absolute Gasteiger partial charge is 0.506 e. The summed E-state index contributed by atoms with van der Waals surface area (Å²) in [5.41, 5.74) is -5.13. The van der Waals surface area contributed by atoms with Crippen molar-refractivity contribution in [2.75, 3.05) is 0 Å². The molecule has 0 aromatic heterocycles. The smallest absolute Gasteiger partial charge is 0.339 e. The van der Waals surface area contributed by atoms with Gasteiger partial charge in [0.05, 0.1) is 16.7 Å². The highest BCUT2D eigenvalue weighted by molar-refractivity contribution is 7.96. The zero-order valence-electron chi connectivity index (χ0n) is 23.7. The van der Waals surface area contributed by atoms with Gasteiger partial charge in [-0.3, -0.25) is 9.59 Å². The van der Waals surface area contributed by atoms with Gasteiger partial charge >= 0.3 is 5.97 Å². The van der Waals surface area contributed by atoms with E-state index in [1.165, 1.54) is 36.4 Å². The lowest BCUT2D eigenvalue weighted by Crippen LogP contribution is -2.69. The summed E-state index contributed by atoms with van der Waals surface area (Å²) in [6, 6.07) is 10.5. The number of hydrogen-bond acceptors (Lipinski definition) is 7. The quantitative estimate of drug-likeness (QED) is 0.255. The van der Waals surface area contributed by atoms with Crippen LogP contribution in [0, 0.1) is 22.7 Å². The lowest BCUT2D eigenvalue weighted by atomic mass is 9.45. The van der Waals surface area contributed by atoms with Gasteiger partial charge in [-0.15, -0.1) is 12.6 Å². The molecule has 0 spiro atoms. The Morgan fingerprint density at radius 3 is 2.44 bits per heavy atom. The maximum absolute atomic E-state index is 17.4. The Bertz CT molecular complexity index is 1590. The fourth-order valence-corrected chi connectivity index (χ4v) is 8.91. The second kappa shape index (κ2) is 10.2. The Morgan fingerprint density at radius 1 is 1.07 bits per heavy atom. The number of aromatic hydroxyl groups is 1. The standard InChI is InChI=1S/C33H32ClFO7S/c1-30-13-11-20(36)15-19(30)5-9-24-23-12-14-32(29(40)43,31(23,2)17-27(38)33(24,30)35)42-28(39)18-3-6-21(7-4-18)41-22-8-10-26(37)25(34)16-22/h3-4,6-8,10-11,13,15-16,23-24,27,37-38H,5,9,12,14,17H2,1-2H3,(H,40,43). The summed E-state index contributed by atoms with van der Waals surface area (Å²) in [5, 5.41) is 20.7. The number of rotatable bonds is 5. The van der Waals surface area contributed by atoms with Gasteiger partial charge in [-0.25, -0.2) is 9.18 Å². The van der Waals surface area contributed by atoms with Gasteiger partial charge in [0.1, 0.15) is 17.2 Å². The predicted molar refractivity (Wildman–Crippen MR) is 160 cm³/mol. The summed E-state index contributed by atoms with van der Waals surface area (Å²) < 4.78 is 29.2. The van der Waals surface area contributed by atoms with Crippen LogP contribution >= 0.6 is 24.2 Å². The first-order valence-electron chi connectivity index (χ1n) is 14.3. The van der Waals surface area contributed by atoms with Crippen molar-refractivity contribution >= 4 is 41.1 Å². The van der Waals surface area contributed by atoms with Crippen molar-refractivity contribution in [3.8, 4) is 17.2 Å². The topological polar surface area (TPSA) is 110 Å². The van der Waals surface area contributed by atoms with E-state index < -0.39 is 45.2 Å². The lowest BCUT2D eigenvalue weighted by Gasteiger charge is -2.62. The third-order valence-corrected chi connectivity index (χ3v) is 11.3. The third kappa shape index (κ3) is 4.30. The molecule has 226 valence electrons. The van der Waals surface area contributed by atoms with E-state index in [1.54, 1.807) is 38.1 Å². The van der Waals surface area contributed by atoms with Crippen LogP contribution in [0.25, 0.3) is 0 Å². The number of halogens is 2. The molecule has 7 nitrogen and oxygen atoms in total. The van der Waals surface area contributed by atoms with Crippen molar-refractivity contribution in [3.05, 3.63) is 76.9 Å². The first-order valence-corrected chi connectivity index (χ1v) is 15.1. The normalized spacial score (nSPS) is 36.2. The van der Waals surface area contributed by atoms with Gasteiger partial charge in [-0.05, 0) is 93.5 Å². The molecule has 3 saturated carbocycles. The molecule has 2 aromatic carbocycles. The summed E-state index contributed by atoms with van der Waals surface area (Å²) in [6.45, 7) is 3.53. The van der Waals surface area contributed by atoms with Crippen molar-refractivity contribution in [2.45, 2.75) is 63.3 Å². The number of alkyl halides is 1. The number of hydrogen-bond donors (Lipinski definition) is 3. The van der Waals surface area contributed by atoms with Crippen molar-refractivity contribution in [1.29, 1.82) is 0 Å². The highest BCUT2D eigenvalue weighted by Gasteiger charge is 2.75. The van der Waals surface area contributed by atoms with Gasteiger partial charge in [0, 0.05) is 22.8 Å². The van der Waals surface area contributed by atoms with Gasteiger partial charge in [0.2, 0.25) is 5.12 Å². The molecule has 4 aliphatic carbocycles. The number of allylic oxidation sites excluding steroid dienone is 4. The lowest BCUT2D eigenvalue weighted by molar-refractivity contribution is -0.214. The van der Waals surface area contributed by atoms with Crippen LogP contribution in [0.2, 0.25) is 5.02 Å². The molecule has 0 radical (unpaired) electrons. The zero-order valence-corrected chi connectivity index (χ0v) is 25.3. The van der Waals surface area contributed by atoms with E-state index in [1.807, 2.05) is 0 Å². The number of carbonyl (C=O) groups is 3. The number of aliphatic hydroxyl groups is 1. The number of esters is 1. The maximum Gasteiger partial charge on any atom is 0.339 e. The predicted octanol–water partition coefficient (Wildman–Crippen LogP) is 6.56. The summed E-state index contributed by atoms with van der Waals surface area (Å²) in [5.74, 6) is -1.23. The molecule has 4 aliphatic rings. The molecule has 3 fully saturated rings. The van der Waals surface area contributed by atoms with E-state index >= 15 is 4.39 Å². The van der Waals surface area contributed by atoms with E-state index in [9.17, 15) is 24.6 Å². The number of thiol groups is 1. The van der Waals surface area contributed by atoms with Crippen LogP contribution in [0.1, 0.15) is 56.3 Å². The Morgan fingerprint density at radius 2 is 1.77 bits per heavy atom. The zero-order chi connectivity index (χ0) is 30.9. The summed E-state index contributed by atoms with van der Waals surface area (Å²) in [4.78, 5) is 38.9. The summed E-state index contributed by atoms with van der Waals surface area (Å²) in [6.07, 6.45) is 4.29. The highest BCUT2D eigenvalue weighted by Crippen LogP contribution is 2.70. The molecular weight excluding hydrogens is 595 g/mol. The fraction of sp³-hybridized carbons (Fsp3) is 0.424. The van der Waals surface area contributed by atoms with Crippen LogP contribution in [0.15, 0.2) is 66.3 Å². The van der Waals surface area contributed by atoms with E-state index in [0.717, 1.165) is 0 Å². The number of ether oxygens (including phenoxy) is 2. The van der Waals surface area contributed by atoms with Crippen LogP contribution in [0.5, 0.6) is 17.2 Å². The van der Waals surface area contributed by atoms with Crippen LogP contribution in [-0.2, 0) is 14.3 Å². The van der Waals surface area contributed by atoms with Gasteiger partial charge in [-0.2, -0.15) is 0 Å². The summed E-state index contributed by atoms with van der Waals surface area (Å²) >= 11 is 10.1. The molecule has 2 aromatic rings. The van der Waals surface area contributed by atoms with Gasteiger partial charge in [0.15, 0.2) is 17.1 Å². The van der Waals surface area contributed by atoms with E-state index in [2.05, 4.69) is 12.6 Å². The van der Waals surface area contributed by atoms with Crippen LogP contribution in [-0.4, -0.2) is 44.5 Å². The van der Waals surface area contributed by atoms with E-state index in [4.69, 9.17) is 21.1 Å². The van der Waals surface area contributed by atoms with Gasteiger partial charge < -0.3 is 19.7 Å². The minimum atomic E-state index is -2.06. The molecule has 0 bridgehead atoms. The van der Waals surface area contributed by atoms with Gasteiger partial charge in [-0.1, -0.05) is 30.2 Å². The maximum atomic E-state index is 17.4. The molecule has 0 aliphatic heterocycles. The Hall–Kier alpha value is -3.14. The molecule has 0 saturated heterocycles. The number of aliphatic hydroxyl groups excluding tert-OH is 1. The van der Waals surface area contributed by atoms with Crippen molar-refractivity contribution in [3.63, 3.8) is 0 Å². The Kier molecular flexibility index (Phi) is 7.10. The number of phenols is 1. The molecule has 7 atom stereocenters. The molecule has 0 amide bonds. The first-order chi connectivity index (χ1) is 20.2. The van der Waals surface area contributed by atoms with Crippen molar-refractivity contribution in [2.24, 2.45) is 22.7 Å². The second-order valence-electron chi connectivity index (χ2n) is 12.6. The molecule has 43 heavy (non-hydrogen) atoms. The number of ketones is 1. The molecule has 0 heterocycles. The van der Waals surface area contributed by atoms with Crippen LogP contribution in [0.4, 0.5) is 4.39 Å². The highest BCUT2D eigenvalue weighted by atomic mass is 35.5. The molecule has 2 N–H and O–H groups in total. The second-order valence-corrected chi connectivity index (χ2v) is 13.4. The van der Waals surface area contributed by atoms with Crippen molar-refractivity contribution < 1.29 is 38.5 Å². The number of fused-ring (bicyclic) bond motifs is 5. The monoisotopic (exact) mass is 626 g/mol. The molecule has 10 heteroatoms. The summed E-state index contributed by atoms with van der Waals surface area (Å²) in [7, 11) is 0. The van der Waals surface area contributed by atoms with E-state index in [-0.39, 0.29) is 40.9 Å². The number of carbonyl (C=O) groups excluding carboxylic acids is 3. The van der Waals surface area contributed by atoms with E-state index in [0.29, 0.717) is 36.3 Å². The minimum absolute atomic E-state index is 0.0769. The third-order valence-electron chi connectivity index (χ3n) is 10.6. The number of benzene rings is 2. The average molecular weight is 627 g/mol. The van der Waals surface area contributed by atoms with Crippen LogP contribution in [0.3, 0.4) is 0 Å². The van der Waals surface area contributed by atoms with Crippen molar-refractivity contribution in [1.82, 2.24) is 0 Å². The Labute approximate surface area is 259 Å². The number of phenolic OH excluding ortho intramolecular Hbond substituents is 1. The molecule has 7 unspecified atom stereocenters. The average Bonchev–Trinajstić information content (AvgIpc) is 3.24.